The number of rotatable bonds is 8. The van der Waals surface area contributed by atoms with Gasteiger partial charge < -0.3 is 9.47 Å². The van der Waals surface area contributed by atoms with Crippen LogP contribution in [0.5, 0.6) is 0 Å². The van der Waals surface area contributed by atoms with Gasteiger partial charge in [-0.1, -0.05) is 13.8 Å². The predicted molar refractivity (Wildman–Crippen MR) is 73.4 cm³/mol. The fourth-order valence-corrected chi connectivity index (χ4v) is 2.10. The van der Waals surface area contributed by atoms with E-state index >= 15 is 0 Å². The van der Waals surface area contributed by atoms with Gasteiger partial charge in [0.1, 0.15) is 5.82 Å². The van der Waals surface area contributed by atoms with Crippen LogP contribution in [0.15, 0.2) is 12.4 Å². The van der Waals surface area contributed by atoms with Crippen molar-refractivity contribution in [1.82, 2.24) is 14.5 Å². The summed E-state index contributed by atoms with van der Waals surface area (Å²) in [5.41, 5.74) is 0. The Balaban J connectivity index is 2.33. The number of aryl methyl sites for hydroxylation is 2. The molecule has 0 spiro atoms. The highest BCUT2D eigenvalue weighted by Gasteiger charge is 2.11. The molecule has 0 atom stereocenters. The van der Waals surface area contributed by atoms with Gasteiger partial charge in [-0.05, 0) is 26.2 Å². The van der Waals surface area contributed by atoms with Crippen LogP contribution in [-0.2, 0) is 11.3 Å². The molecule has 18 heavy (non-hydrogen) atoms. The van der Waals surface area contributed by atoms with Crippen molar-refractivity contribution in [2.75, 3.05) is 13.1 Å². The van der Waals surface area contributed by atoms with E-state index in [0.717, 1.165) is 44.7 Å². The van der Waals surface area contributed by atoms with Gasteiger partial charge in [-0.3, -0.25) is 4.79 Å². The van der Waals surface area contributed by atoms with Crippen LogP contribution in [0.4, 0.5) is 0 Å². The van der Waals surface area contributed by atoms with Gasteiger partial charge in [0.25, 0.3) is 0 Å². The summed E-state index contributed by atoms with van der Waals surface area (Å²) in [5.74, 6) is 1.30. The van der Waals surface area contributed by atoms with Crippen LogP contribution >= 0.6 is 0 Å². The van der Waals surface area contributed by atoms with E-state index in [0.29, 0.717) is 6.42 Å². The molecule has 102 valence electrons. The minimum Gasteiger partial charge on any atom is -0.343 e. The van der Waals surface area contributed by atoms with E-state index in [2.05, 4.69) is 23.4 Å². The zero-order valence-electron chi connectivity index (χ0n) is 11.9. The average molecular weight is 251 g/mol. The number of amides is 1. The highest BCUT2D eigenvalue weighted by Crippen LogP contribution is 2.04. The number of hydrogen-bond acceptors (Lipinski definition) is 2. The van der Waals surface area contributed by atoms with E-state index in [9.17, 15) is 4.79 Å². The zero-order chi connectivity index (χ0) is 13.4. The highest BCUT2D eigenvalue weighted by molar-refractivity contribution is 5.76. The normalized spacial score (nSPS) is 10.6. The van der Waals surface area contributed by atoms with Crippen molar-refractivity contribution in [3.05, 3.63) is 18.2 Å². The molecule has 0 N–H and O–H groups in total. The summed E-state index contributed by atoms with van der Waals surface area (Å²) in [4.78, 5) is 18.2. The molecule has 0 bridgehead atoms. The molecule has 0 aromatic carbocycles. The molecule has 1 aromatic heterocycles. The molecule has 0 saturated carbocycles. The molecule has 0 aliphatic rings. The van der Waals surface area contributed by atoms with E-state index < -0.39 is 0 Å². The maximum Gasteiger partial charge on any atom is 0.222 e. The van der Waals surface area contributed by atoms with Gasteiger partial charge >= 0.3 is 0 Å². The first kappa shape index (κ1) is 14.7. The lowest BCUT2D eigenvalue weighted by Crippen LogP contribution is -2.32. The van der Waals surface area contributed by atoms with E-state index in [4.69, 9.17) is 0 Å². The fraction of sp³-hybridized carbons (Fsp3) is 0.714. The monoisotopic (exact) mass is 251 g/mol. The van der Waals surface area contributed by atoms with Crippen molar-refractivity contribution >= 4 is 5.91 Å². The van der Waals surface area contributed by atoms with Gasteiger partial charge in [0.05, 0.1) is 0 Å². The second-order valence-corrected chi connectivity index (χ2v) is 4.65. The van der Waals surface area contributed by atoms with Gasteiger partial charge in [0, 0.05) is 38.4 Å². The number of nitrogens with zero attached hydrogens (tertiary/aromatic N) is 3. The summed E-state index contributed by atoms with van der Waals surface area (Å²) in [6.07, 6.45) is 7.36. The van der Waals surface area contributed by atoms with Crippen LogP contribution in [-0.4, -0.2) is 33.4 Å². The van der Waals surface area contributed by atoms with Crippen LogP contribution < -0.4 is 0 Å². The minimum absolute atomic E-state index is 0.288. The second kappa shape index (κ2) is 7.90. The highest BCUT2D eigenvalue weighted by atomic mass is 16.2. The Morgan fingerprint density at radius 1 is 1.33 bits per heavy atom. The number of hydrogen-bond donors (Lipinski definition) is 0. The maximum absolute atomic E-state index is 12.0. The van der Waals surface area contributed by atoms with Crippen molar-refractivity contribution in [2.45, 2.75) is 53.0 Å². The number of aromatic nitrogens is 2. The largest absolute Gasteiger partial charge is 0.343 e. The quantitative estimate of drug-likeness (QED) is 0.712. The first-order valence-electron chi connectivity index (χ1n) is 6.94. The molecule has 0 radical (unpaired) electrons. The fourth-order valence-electron chi connectivity index (χ4n) is 2.10. The molecule has 1 amide bonds. The summed E-state index contributed by atoms with van der Waals surface area (Å²) < 4.78 is 2.09. The summed E-state index contributed by atoms with van der Waals surface area (Å²) >= 11 is 0. The Morgan fingerprint density at radius 2 is 2.00 bits per heavy atom. The lowest BCUT2D eigenvalue weighted by molar-refractivity contribution is -0.131. The third-order valence-corrected chi connectivity index (χ3v) is 3.05. The van der Waals surface area contributed by atoms with Crippen molar-refractivity contribution in [1.29, 1.82) is 0 Å². The predicted octanol–water partition coefficient (Wildman–Crippen LogP) is 2.62. The van der Waals surface area contributed by atoms with Crippen molar-refractivity contribution < 1.29 is 4.79 Å². The standard InChI is InChI=1S/C14H25N3O/c1-4-9-17(10-5-2)14(18)7-6-11-16-12-8-15-13(16)3/h8,12H,4-7,9-11H2,1-3H3. The van der Waals surface area contributed by atoms with Gasteiger partial charge in [-0.25, -0.2) is 4.98 Å². The Hall–Kier alpha value is -1.32. The third-order valence-electron chi connectivity index (χ3n) is 3.05. The van der Waals surface area contributed by atoms with E-state index in [1.54, 1.807) is 6.20 Å². The number of carbonyl (C=O) groups is 1. The molecule has 0 aliphatic carbocycles. The third kappa shape index (κ3) is 4.51. The molecule has 0 fully saturated rings. The molecule has 0 unspecified atom stereocenters. The molecule has 4 heteroatoms. The molecular weight excluding hydrogens is 226 g/mol. The lowest BCUT2D eigenvalue weighted by atomic mass is 10.2. The molecular formula is C14H25N3O. The summed E-state index contributed by atoms with van der Waals surface area (Å²) in [7, 11) is 0. The Morgan fingerprint density at radius 3 is 2.50 bits per heavy atom. The van der Waals surface area contributed by atoms with Gasteiger partial charge in [0.15, 0.2) is 0 Å². The Kier molecular flexibility index (Phi) is 6.47. The SMILES string of the molecule is CCCN(CCC)C(=O)CCCn1ccnc1C. The van der Waals surface area contributed by atoms with Crippen LogP contribution in [0.2, 0.25) is 0 Å². The van der Waals surface area contributed by atoms with Gasteiger partial charge in [-0.2, -0.15) is 0 Å². The van der Waals surface area contributed by atoms with Crippen LogP contribution in [0, 0.1) is 6.92 Å². The van der Waals surface area contributed by atoms with Gasteiger partial charge in [-0.15, -0.1) is 0 Å². The summed E-state index contributed by atoms with van der Waals surface area (Å²) in [5, 5.41) is 0. The molecule has 0 saturated heterocycles. The van der Waals surface area contributed by atoms with Crippen LogP contribution in [0.3, 0.4) is 0 Å². The van der Waals surface area contributed by atoms with E-state index in [-0.39, 0.29) is 5.91 Å². The lowest BCUT2D eigenvalue weighted by Gasteiger charge is -2.21. The smallest absolute Gasteiger partial charge is 0.222 e. The Labute approximate surface area is 110 Å². The molecule has 0 aliphatic heterocycles. The topological polar surface area (TPSA) is 38.1 Å². The van der Waals surface area contributed by atoms with E-state index in [1.807, 2.05) is 18.0 Å². The second-order valence-electron chi connectivity index (χ2n) is 4.65. The van der Waals surface area contributed by atoms with Crippen molar-refractivity contribution in [3.63, 3.8) is 0 Å². The van der Waals surface area contributed by atoms with Crippen LogP contribution in [0.25, 0.3) is 0 Å². The summed E-state index contributed by atoms with van der Waals surface area (Å²) in [6, 6.07) is 0. The zero-order valence-corrected chi connectivity index (χ0v) is 11.9. The van der Waals surface area contributed by atoms with Gasteiger partial charge in [0.2, 0.25) is 5.91 Å². The molecule has 1 aromatic rings. The number of carbonyl (C=O) groups excluding carboxylic acids is 1. The molecule has 4 nitrogen and oxygen atoms in total. The van der Waals surface area contributed by atoms with Crippen molar-refractivity contribution in [3.8, 4) is 0 Å². The van der Waals surface area contributed by atoms with Crippen LogP contribution in [0.1, 0.15) is 45.4 Å². The first-order valence-corrected chi connectivity index (χ1v) is 6.94. The first-order chi connectivity index (χ1) is 8.69. The minimum atomic E-state index is 0.288. The van der Waals surface area contributed by atoms with E-state index in [1.165, 1.54) is 0 Å². The molecule has 1 heterocycles. The average Bonchev–Trinajstić information content (AvgIpc) is 2.75. The van der Waals surface area contributed by atoms with Crippen molar-refractivity contribution in [2.24, 2.45) is 0 Å². The number of imidazole rings is 1. The Bertz CT molecular complexity index is 354. The molecule has 1 rings (SSSR count). The maximum atomic E-state index is 12.0. The summed E-state index contributed by atoms with van der Waals surface area (Å²) in [6.45, 7) is 8.87.